The molecule has 2 fully saturated rings. The van der Waals surface area contributed by atoms with Crippen molar-refractivity contribution in [3.63, 3.8) is 0 Å². The molecule has 1 saturated carbocycles. The third-order valence-corrected chi connectivity index (χ3v) is 5.37. The van der Waals surface area contributed by atoms with Crippen LogP contribution in [0.3, 0.4) is 0 Å². The van der Waals surface area contributed by atoms with Crippen LogP contribution in [0.15, 0.2) is 18.2 Å². The number of benzene rings is 1. The van der Waals surface area contributed by atoms with E-state index in [9.17, 15) is 14.4 Å². The summed E-state index contributed by atoms with van der Waals surface area (Å²) < 4.78 is 5.32. The van der Waals surface area contributed by atoms with Crippen molar-refractivity contribution in [3.05, 3.63) is 34.9 Å². The number of likely N-dealkylation sites (tertiary alicyclic amines) is 1. The zero-order valence-corrected chi connectivity index (χ0v) is 14.9. The van der Waals surface area contributed by atoms with Gasteiger partial charge in [0.1, 0.15) is 6.61 Å². The molecular weight excluding hydrogens is 318 g/mol. The molecule has 2 amide bonds. The standard InChI is InChI=1S/C20H25NO4/c1-13-7-8-14(2)15(11-13)12-25-18(22)9-10-21-19(23)16-5-3-4-6-17(16)20(21)24/h7-8,11,16-17H,3-6,9-10,12H2,1-2H3/t16-,17+. The van der Waals surface area contributed by atoms with E-state index in [1.54, 1.807) is 0 Å². The molecule has 3 rings (SSSR count). The number of esters is 1. The van der Waals surface area contributed by atoms with E-state index >= 15 is 0 Å². The second-order valence-corrected chi connectivity index (χ2v) is 7.17. The number of ether oxygens (including phenoxy) is 1. The Morgan fingerprint density at radius 3 is 2.40 bits per heavy atom. The highest BCUT2D eigenvalue weighted by Crippen LogP contribution is 2.37. The first-order chi connectivity index (χ1) is 12.0. The highest BCUT2D eigenvalue weighted by molar-refractivity contribution is 6.05. The lowest BCUT2D eigenvalue weighted by atomic mass is 9.81. The fourth-order valence-electron chi connectivity index (χ4n) is 3.84. The minimum atomic E-state index is -0.378. The molecule has 0 aromatic heterocycles. The Bertz CT molecular complexity index is 673. The van der Waals surface area contributed by atoms with Crippen LogP contribution in [0.1, 0.15) is 48.8 Å². The van der Waals surface area contributed by atoms with Gasteiger partial charge in [0.05, 0.1) is 18.3 Å². The van der Waals surface area contributed by atoms with Crippen molar-refractivity contribution in [3.8, 4) is 0 Å². The molecule has 0 N–H and O–H groups in total. The van der Waals surface area contributed by atoms with Gasteiger partial charge in [0, 0.05) is 6.54 Å². The van der Waals surface area contributed by atoms with Gasteiger partial charge in [-0.15, -0.1) is 0 Å². The molecule has 0 radical (unpaired) electrons. The Kier molecular flexibility index (Phi) is 5.21. The molecular formula is C20H25NO4. The zero-order chi connectivity index (χ0) is 18.0. The molecule has 134 valence electrons. The van der Waals surface area contributed by atoms with Crippen LogP contribution in [0, 0.1) is 25.7 Å². The molecule has 1 aliphatic heterocycles. The van der Waals surface area contributed by atoms with Crippen molar-refractivity contribution < 1.29 is 19.1 Å². The first kappa shape index (κ1) is 17.6. The van der Waals surface area contributed by atoms with Gasteiger partial charge in [0.2, 0.25) is 11.8 Å². The number of amides is 2. The van der Waals surface area contributed by atoms with Gasteiger partial charge in [-0.05, 0) is 37.8 Å². The first-order valence-electron chi connectivity index (χ1n) is 9.04. The van der Waals surface area contributed by atoms with Crippen molar-refractivity contribution >= 4 is 17.8 Å². The van der Waals surface area contributed by atoms with E-state index in [0.29, 0.717) is 0 Å². The molecule has 25 heavy (non-hydrogen) atoms. The molecule has 5 nitrogen and oxygen atoms in total. The van der Waals surface area contributed by atoms with Gasteiger partial charge in [-0.25, -0.2) is 0 Å². The number of carbonyl (C=O) groups is 3. The van der Waals surface area contributed by atoms with E-state index in [1.807, 2.05) is 32.0 Å². The van der Waals surface area contributed by atoms with Gasteiger partial charge in [0.15, 0.2) is 0 Å². The molecule has 1 aromatic rings. The van der Waals surface area contributed by atoms with Crippen LogP contribution in [0.4, 0.5) is 0 Å². The summed E-state index contributed by atoms with van der Waals surface area (Å²) in [5, 5.41) is 0. The topological polar surface area (TPSA) is 63.7 Å². The van der Waals surface area contributed by atoms with Gasteiger partial charge >= 0.3 is 5.97 Å². The second-order valence-electron chi connectivity index (χ2n) is 7.17. The van der Waals surface area contributed by atoms with Crippen LogP contribution < -0.4 is 0 Å². The lowest BCUT2D eigenvalue weighted by Crippen LogP contribution is -2.33. The number of aryl methyl sites for hydroxylation is 2. The summed E-state index contributed by atoms with van der Waals surface area (Å²) >= 11 is 0. The summed E-state index contributed by atoms with van der Waals surface area (Å²) in [5.41, 5.74) is 3.17. The van der Waals surface area contributed by atoms with Gasteiger partial charge < -0.3 is 4.74 Å². The molecule has 1 aromatic carbocycles. The summed E-state index contributed by atoms with van der Waals surface area (Å²) in [6, 6.07) is 6.02. The normalized spacial score (nSPS) is 22.9. The molecule has 1 heterocycles. The second kappa shape index (κ2) is 7.38. The van der Waals surface area contributed by atoms with E-state index < -0.39 is 0 Å². The lowest BCUT2D eigenvalue weighted by molar-refractivity contribution is -0.146. The first-order valence-corrected chi connectivity index (χ1v) is 9.04. The summed E-state index contributed by atoms with van der Waals surface area (Å²) in [5.74, 6) is -0.898. The van der Waals surface area contributed by atoms with Crippen molar-refractivity contribution in [1.29, 1.82) is 0 Å². The molecule has 1 saturated heterocycles. The average molecular weight is 343 g/mol. The Balaban J connectivity index is 1.51. The quantitative estimate of drug-likeness (QED) is 0.609. The third kappa shape index (κ3) is 3.75. The maximum Gasteiger partial charge on any atom is 0.307 e. The van der Waals surface area contributed by atoms with Crippen molar-refractivity contribution in [2.24, 2.45) is 11.8 Å². The van der Waals surface area contributed by atoms with Crippen molar-refractivity contribution in [2.75, 3.05) is 6.54 Å². The largest absolute Gasteiger partial charge is 0.461 e. The molecule has 0 bridgehead atoms. The highest BCUT2D eigenvalue weighted by Gasteiger charge is 2.47. The van der Waals surface area contributed by atoms with Gasteiger partial charge in [-0.3, -0.25) is 19.3 Å². The van der Waals surface area contributed by atoms with Crippen LogP contribution in [0.5, 0.6) is 0 Å². The fraction of sp³-hybridized carbons (Fsp3) is 0.550. The SMILES string of the molecule is Cc1ccc(C)c(COC(=O)CCN2C(=O)[C@H]3CCCC[C@H]3C2=O)c1. The zero-order valence-electron chi connectivity index (χ0n) is 14.9. The molecule has 2 aliphatic rings. The summed E-state index contributed by atoms with van der Waals surface area (Å²) in [7, 11) is 0. The molecule has 0 spiro atoms. The van der Waals surface area contributed by atoms with E-state index in [-0.39, 0.29) is 49.2 Å². The number of carbonyl (C=O) groups excluding carboxylic acids is 3. The van der Waals surface area contributed by atoms with Crippen molar-refractivity contribution in [1.82, 2.24) is 4.90 Å². The highest BCUT2D eigenvalue weighted by atomic mass is 16.5. The number of imide groups is 1. The van der Waals surface area contributed by atoms with Crippen LogP contribution in [-0.4, -0.2) is 29.2 Å². The Labute approximate surface area is 148 Å². The Morgan fingerprint density at radius 2 is 1.76 bits per heavy atom. The van der Waals surface area contributed by atoms with E-state index in [2.05, 4.69) is 0 Å². The molecule has 5 heteroatoms. The maximum atomic E-state index is 12.4. The number of nitrogens with zero attached hydrogens (tertiary/aromatic N) is 1. The summed E-state index contributed by atoms with van der Waals surface area (Å²) in [6.45, 7) is 4.33. The predicted molar refractivity (Wildman–Crippen MR) is 92.5 cm³/mol. The minimum Gasteiger partial charge on any atom is -0.461 e. The number of hydrogen-bond acceptors (Lipinski definition) is 4. The fourth-order valence-corrected chi connectivity index (χ4v) is 3.84. The van der Waals surface area contributed by atoms with Crippen LogP contribution >= 0.6 is 0 Å². The monoisotopic (exact) mass is 343 g/mol. The van der Waals surface area contributed by atoms with E-state index in [0.717, 1.165) is 42.4 Å². The lowest BCUT2D eigenvalue weighted by Gasteiger charge is -2.19. The minimum absolute atomic E-state index is 0.0573. The van der Waals surface area contributed by atoms with Gasteiger partial charge in [-0.1, -0.05) is 36.6 Å². The van der Waals surface area contributed by atoms with Crippen molar-refractivity contribution in [2.45, 2.75) is 52.6 Å². The number of rotatable bonds is 5. The average Bonchev–Trinajstić information content (AvgIpc) is 2.85. The smallest absolute Gasteiger partial charge is 0.307 e. The van der Waals surface area contributed by atoms with Crippen LogP contribution in [0.2, 0.25) is 0 Å². The number of fused-ring (bicyclic) bond motifs is 1. The molecule has 2 atom stereocenters. The van der Waals surface area contributed by atoms with E-state index in [4.69, 9.17) is 4.74 Å². The Morgan fingerprint density at radius 1 is 1.12 bits per heavy atom. The van der Waals surface area contributed by atoms with Crippen LogP contribution in [0.25, 0.3) is 0 Å². The third-order valence-electron chi connectivity index (χ3n) is 5.37. The summed E-state index contributed by atoms with van der Waals surface area (Å²) in [4.78, 5) is 38.1. The van der Waals surface area contributed by atoms with Gasteiger partial charge in [-0.2, -0.15) is 0 Å². The van der Waals surface area contributed by atoms with Crippen LogP contribution in [-0.2, 0) is 25.7 Å². The summed E-state index contributed by atoms with van der Waals surface area (Å²) in [6.07, 6.45) is 3.66. The maximum absolute atomic E-state index is 12.4. The molecule has 1 aliphatic carbocycles. The predicted octanol–water partition coefficient (Wildman–Crippen LogP) is 2.91. The van der Waals surface area contributed by atoms with Gasteiger partial charge in [0.25, 0.3) is 0 Å². The molecule has 0 unspecified atom stereocenters. The Hall–Kier alpha value is -2.17. The van der Waals surface area contributed by atoms with E-state index in [1.165, 1.54) is 4.90 Å². The number of hydrogen-bond donors (Lipinski definition) is 0.